The largest absolute Gasteiger partial charge is 0.493 e. The van der Waals surface area contributed by atoms with Crippen molar-refractivity contribution >= 4 is 40.5 Å². The number of carbonyl (C=O) groups excluding carboxylic acids is 1. The maximum Gasteiger partial charge on any atom is 0.355 e. The Hall–Kier alpha value is -5.75. The summed E-state index contributed by atoms with van der Waals surface area (Å²) in [5.74, 6) is 0.574. The van der Waals surface area contributed by atoms with E-state index in [9.17, 15) is 19.7 Å². The number of nitrogen functional groups attached to an aromatic ring is 1. The van der Waals surface area contributed by atoms with Crippen molar-refractivity contribution in [1.82, 2.24) is 4.57 Å². The van der Waals surface area contributed by atoms with Crippen molar-refractivity contribution in [2.24, 2.45) is 0 Å². The lowest BCUT2D eigenvalue weighted by Gasteiger charge is -2.21. The van der Waals surface area contributed by atoms with E-state index in [4.69, 9.17) is 29.4 Å². The van der Waals surface area contributed by atoms with E-state index in [1.165, 1.54) is 45.1 Å². The second-order valence-corrected chi connectivity index (χ2v) is 9.78. The predicted molar refractivity (Wildman–Crippen MR) is 175 cm³/mol. The van der Waals surface area contributed by atoms with Gasteiger partial charge in [-0.3, -0.25) is 19.5 Å². The Balaban J connectivity index is 0.00000480. The van der Waals surface area contributed by atoms with Gasteiger partial charge in [0, 0.05) is 29.1 Å². The topological polar surface area (TPSA) is 154 Å². The zero-order valence-corrected chi connectivity index (χ0v) is 26.1. The molecule has 2 N–H and O–H groups in total. The summed E-state index contributed by atoms with van der Waals surface area (Å²) in [6.45, 7) is 0.0132. The fraction of sp³-hybridized carbons (Fsp3) is 0.152. The van der Waals surface area contributed by atoms with Crippen LogP contribution in [0.5, 0.6) is 23.0 Å². The number of pyridine rings is 1. The quantitative estimate of drug-likeness (QED) is 0.0831. The molecule has 12 nitrogen and oxygen atoms in total. The number of benzene rings is 4. The van der Waals surface area contributed by atoms with E-state index in [1.807, 2.05) is 0 Å². The van der Waals surface area contributed by atoms with Crippen molar-refractivity contribution in [1.29, 1.82) is 0 Å². The molecule has 0 unspecified atom stereocenters. The maximum absolute atomic E-state index is 14.3. The predicted octanol–water partition coefficient (Wildman–Crippen LogP) is 5.96. The number of hydrogen-bond acceptors (Lipinski definition) is 10. The lowest BCUT2D eigenvalue weighted by Crippen LogP contribution is -2.27. The standard InChI is InChI=1S/C33H29N3O9.ClH/c1-41-27-15-20(16-28(42-2)31(27)43-3)29-25-13-12-24(45-18-19-6-5-7-23(14-19)36(39)40)17-26(25)32(37)35(30(29)33(38)44-4)22-10-8-21(34)9-11-22;/h5-17H,18,34H2,1-4H3;1H. The van der Waals surface area contributed by atoms with Gasteiger partial charge in [0.15, 0.2) is 11.5 Å². The number of carbonyl (C=O) groups is 1. The summed E-state index contributed by atoms with van der Waals surface area (Å²) in [6.07, 6.45) is 0. The van der Waals surface area contributed by atoms with E-state index in [2.05, 4.69) is 0 Å². The minimum Gasteiger partial charge on any atom is -0.493 e. The van der Waals surface area contributed by atoms with Gasteiger partial charge >= 0.3 is 5.97 Å². The Kier molecular flexibility index (Phi) is 10.0. The number of hydrogen-bond donors (Lipinski definition) is 1. The van der Waals surface area contributed by atoms with E-state index >= 15 is 0 Å². The van der Waals surface area contributed by atoms with Crippen LogP contribution >= 0.6 is 12.4 Å². The van der Waals surface area contributed by atoms with Crippen LogP contribution in [0.2, 0.25) is 0 Å². The molecule has 0 atom stereocenters. The van der Waals surface area contributed by atoms with Crippen LogP contribution in [0.4, 0.5) is 11.4 Å². The number of nitro groups is 1. The maximum atomic E-state index is 14.3. The van der Waals surface area contributed by atoms with Crippen molar-refractivity contribution in [3.8, 4) is 39.8 Å². The van der Waals surface area contributed by atoms with E-state index in [1.54, 1.807) is 66.7 Å². The number of nitrogens with zero attached hydrogens (tertiary/aromatic N) is 2. The number of fused-ring (bicyclic) bond motifs is 1. The molecule has 0 aliphatic heterocycles. The van der Waals surface area contributed by atoms with Crippen LogP contribution in [-0.2, 0) is 11.3 Å². The van der Waals surface area contributed by atoms with Crippen LogP contribution in [0.25, 0.3) is 27.6 Å². The molecule has 0 spiro atoms. The van der Waals surface area contributed by atoms with Gasteiger partial charge in [0.25, 0.3) is 11.2 Å². The summed E-state index contributed by atoms with van der Waals surface area (Å²) in [7, 11) is 5.65. The fourth-order valence-electron chi connectivity index (χ4n) is 5.07. The van der Waals surface area contributed by atoms with Crippen LogP contribution in [-0.4, -0.2) is 43.9 Å². The number of ether oxygens (including phenoxy) is 5. The molecule has 1 aromatic heterocycles. The second kappa shape index (κ2) is 13.9. The minimum absolute atomic E-state index is 0. The molecule has 0 bridgehead atoms. The van der Waals surface area contributed by atoms with Crippen LogP contribution in [0, 0.1) is 10.1 Å². The number of rotatable bonds is 10. The van der Waals surface area contributed by atoms with E-state index in [0.717, 1.165) is 0 Å². The molecule has 4 aromatic carbocycles. The number of non-ortho nitro benzene ring substituents is 1. The highest BCUT2D eigenvalue weighted by molar-refractivity contribution is 6.08. The van der Waals surface area contributed by atoms with Crippen molar-refractivity contribution in [2.45, 2.75) is 6.61 Å². The number of anilines is 1. The molecule has 0 fully saturated rings. The highest BCUT2D eigenvalue weighted by atomic mass is 35.5. The van der Waals surface area contributed by atoms with Crippen molar-refractivity contribution in [3.63, 3.8) is 0 Å². The first-order valence-corrected chi connectivity index (χ1v) is 13.5. The molecule has 5 rings (SSSR count). The fourth-order valence-corrected chi connectivity index (χ4v) is 5.07. The average Bonchev–Trinajstić information content (AvgIpc) is 3.06. The first kappa shape index (κ1) is 33.1. The molecule has 13 heteroatoms. The van der Waals surface area contributed by atoms with Gasteiger partial charge < -0.3 is 29.4 Å². The second-order valence-electron chi connectivity index (χ2n) is 9.78. The molecule has 46 heavy (non-hydrogen) atoms. The molecule has 0 saturated carbocycles. The number of esters is 1. The molecule has 0 amide bonds. The SMILES string of the molecule is COC(=O)c1c(-c2cc(OC)c(OC)c(OC)c2)c2ccc(OCc3cccc([N+](=O)[O-])c3)cc2c(=O)n1-c1ccc(N)cc1.Cl. The summed E-state index contributed by atoms with van der Waals surface area (Å²) >= 11 is 0. The zero-order chi connectivity index (χ0) is 32.2. The van der Waals surface area contributed by atoms with Gasteiger partial charge in [-0.15, -0.1) is 12.4 Å². The van der Waals surface area contributed by atoms with Crippen LogP contribution in [0.1, 0.15) is 16.1 Å². The lowest BCUT2D eigenvalue weighted by molar-refractivity contribution is -0.384. The monoisotopic (exact) mass is 647 g/mol. The molecule has 0 saturated heterocycles. The third kappa shape index (κ3) is 6.24. The van der Waals surface area contributed by atoms with Crippen LogP contribution in [0.15, 0.2) is 83.7 Å². The van der Waals surface area contributed by atoms with Crippen LogP contribution < -0.4 is 30.2 Å². The summed E-state index contributed by atoms with van der Waals surface area (Å²) < 4.78 is 29.1. The summed E-state index contributed by atoms with van der Waals surface area (Å²) in [4.78, 5) is 38.5. The lowest BCUT2D eigenvalue weighted by atomic mass is 9.95. The summed E-state index contributed by atoms with van der Waals surface area (Å²) in [5.41, 5.74) is 7.54. The summed E-state index contributed by atoms with van der Waals surface area (Å²) in [6, 6.07) is 20.8. The van der Waals surface area contributed by atoms with Gasteiger partial charge in [0.05, 0.1) is 38.7 Å². The molecule has 0 radical (unpaired) electrons. The number of nitrogens with two attached hydrogens (primary N) is 1. The number of methoxy groups -OCH3 is 4. The van der Waals surface area contributed by atoms with Crippen LogP contribution in [0.3, 0.4) is 0 Å². The van der Waals surface area contributed by atoms with Crippen molar-refractivity contribution in [3.05, 3.63) is 111 Å². The Morgan fingerprint density at radius 2 is 1.54 bits per heavy atom. The highest BCUT2D eigenvalue weighted by Crippen LogP contribution is 2.44. The number of halogens is 1. The molecule has 0 aliphatic carbocycles. The van der Waals surface area contributed by atoms with E-state index < -0.39 is 16.5 Å². The normalized spacial score (nSPS) is 10.5. The molecular weight excluding hydrogens is 618 g/mol. The van der Waals surface area contributed by atoms with Gasteiger partial charge in [-0.05, 0) is 71.1 Å². The third-order valence-corrected chi connectivity index (χ3v) is 7.16. The summed E-state index contributed by atoms with van der Waals surface area (Å²) in [5, 5.41) is 11.8. The Morgan fingerprint density at radius 1 is 0.870 bits per heavy atom. The van der Waals surface area contributed by atoms with Crippen molar-refractivity contribution in [2.75, 3.05) is 34.2 Å². The Bertz CT molecular complexity index is 1970. The Labute approximate surface area is 269 Å². The Morgan fingerprint density at radius 3 is 2.13 bits per heavy atom. The van der Waals surface area contributed by atoms with Gasteiger partial charge in [0.1, 0.15) is 18.1 Å². The smallest absolute Gasteiger partial charge is 0.355 e. The average molecular weight is 648 g/mol. The number of nitro benzene ring substituents is 1. The first-order chi connectivity index (χ1) is 21.7. The molecule has 238 valence electrons. The third-order valence-electron chi connectivity index (χ3n) is 7.16. The molecule has 1 heterocycles. The molecule has 5 aromatic rings. The molecular formula is C33H30ClN3O9. The zero-order valence-electron chi connectivity index (χ0n) is 25.3. The first-order valence-electron chi connectivity index (χ1n) is 13.5. The van der Waals surface area contributed by atoms with E-state index in [0.29, 0.717) is 56.4 Å². The minimum atomic E-state index is -0.763. The number of aromatic nitrogens is 1. The van der Waals surface area contributed by atoms with Gasteiger partial charge in [-0.2, -0.15) is 0 Å². The van der Waals surface area contributed by atoms with E-state index in [-0.39, 0.29) is 35.8 Å². The van der Waals surface area contributed by atoms with Gasteiger partial charge in [-0.25, -0.2) is 4.79 Å². The molecule has 0 aliphatic rings. The van der Waals surface area contributed by atoms with Gasteiger partial charge in [-0.1, -0.05) is 12.1 Å². The highest BCUT2D eigenvalue weighted by Gasteiger charge is 2.27. The van der Waals surface area contributed by atoms with Crippen molar-refractivity contribution < 1.29 is 33.4 Å². The van der Waals surface area contributed by atoms with Gasteiger partial charge in [0.2, 0.25) is 5.75 Å².